The molecule has 0 unspecified atom stereocenters. The molecule has 0 saturated heterocycles. The predicted molar refractivity (Wildman–Crippen MR) is 101 cm³/mol. The Hall–Kier alpha value is -2.11. The molecule has 0 aliphatic carbocycles. The second kappa shape index (κ2) is 7.85. The number of nitrogens with zero attached hydrogens (tertiary/aromatic N) is 2. The van der Waals surface area contributed by atoms with Crippen LogP contribution in [0, 0.1) is 0 Å². The first-order valence-corrected chi connectivity index (χ1v) is 9.00. The average Bonchev–Trinajstić information content (AvgIpc) is 2.92. The van der Waals surface area contributed by atoms with Gasteiger partial charge >= 0.3 is 5.69 Å². The van der Waals surface area contributed by atoms with E-state index in [4.69, 9.17) is 16.7 Å². The van der Waals surface area contributed by atoms with Crippen molar-refractivity contribution in [2.45, 2.75) is 39.2 Å². The molecule has 1 aromatic carbocycles. The van der Waals surface area contributed by atoms with Crippen molar-refractivity contribution in [1.82, 2.24) is 14.5 Å². The molecule has 3 rings (SSSR count). The number of H-pyrrole nitrogens is 1. The van der Waals surface area contributed by atoms with E-state index in [-0.39, 0.29) is 12.3 Å². The molecule has 0 spiro atoms. The van der Waals surface area contributed by atoms with Crippen molar-refractivity contribution in [2.24, 2.45) is 0 Å². The van der Waals surface area contributed by atoms with Crippen LogP contribution in [0.2, 0.25) is 5.02 Å². The summed E-state index contributed by atoms with van der Waals surface area (Å²) in [6, 6.07) is 7.89. The minimum Gasteiger partial charge on any atom is -0.396 e. The Balaban J connectivity index is 2.12. The van der Waals surface area contributed by atoms with Gasteiger partial charge in [0.05, 0.1) is 10.5 Å². The van der Waals surface area contributed by atoms with Crippen molar-refractivity contribution < 1.29 is 5.11 Å². The van der Waals surface area contributed by atoms with E-state index in [1.54, 1.807) is 10.8 Å². The number of nitrogens with one attached hydrogen (secondary N) is 1. The number of hydrogen-bond acceptors (Lipinski definition) is 3. The molecule has 0 bridgehead atoms. The van der Waals surface area contributed by atoms with Gasteiger partial charge in [-0.2, -0.15) is 0 Å². The number of imidazole rings is 1. The van der Waals surface area contributed by atoms with Crippen molar-refractivity contribution in [2.75, 3.05) is 6.61 Å². The second-order valence-electron chi connectivity index (χ2n) is 6.14. The average molecular weight is 360 g/mol. The summed E-state index contributed by atoms with van der Waals surface area (Å²) < 4.78 is 1.74. The van der Waals surface area contributed by atoms with E-state index in [0.717, 1.165) is 41.5 Å². The first-order chi connectivity index (χ1) is 12.2. The highest BCUT2D eigenvalue weighted by molar-refractivity contribution is 6.34. The summed E-state index contributed by atoms with van der Waals surface area (Å²) >= 11 is 6.45. The molecular weight excluding hydrogens is 338 g/mol. The molecule has 0 atom stereocenters. The van der Waals surface area contributed by atoms with E-state index >= 15 is 0 Å². The smallest absolute Gasteiger partial charge is 0.327 e. The quantitative estimate of drug-likeness (QED) is 0.631. The summed E-state index contributed by atoms with van der Waals surface area (Å²) in [5, 5.41) is 9.58. The van der Waals surface area contributed by atoms with E-state index in [9.17, 15) is 4.79 Å². The van der Waals surface area contributed by atoms with Gasteiger partial charge in [-0.3, -0.25) is 9.55 Å². The van der Waals surface area contributed by atoms with E-state index in [0.29, 0.717) is 23.6 Å². The first-order valence-electron chi connectivity index (χ1n) is 8.63. The number of benzene rings is 1. The van der Waals surface area contributed by atoms with Crippen LogP contribution in [0.3, 0.4) is 0 Å². The summed E-state index contributed by atoms with van der Waals surface area (Å²) in [5.74, 6) is 0. The third kappa shape index (κ3) is 3.62. The van der Waals surface area contributed by atoms with Gasteiger partial charge in [0, 0.05) is 24.9 Å². The number of rotatable bonds is 7. The summed E-state index contributed by atoms with van der Waals surface area (Å²) in [7, 11) is 0. The highest BCUT2D eigenvalue weighted by Gasteiger charge is 2.16. The molecule has 0 amide bonds. The largest absolute Gasteiger partial charge is 0.396 e. The predicted octanol–water partition coefficient (Wildman–Crippen LogP) is 3.77. The number of unbranched alkanes of at least 4 members (excludes halogenated alkanes) is 2. The van der Waals surface area contributed by atoms with E-state index in [1.807, 2.05) is 24.3 Å². The monoisotopic (exact) mass is 359 g/mol. The fourth-order valence-corrected chi connectivity index (χ4v) is 3.33. The van der Waals surface area contributed by atoms with E-state index < -0.39 is 0 Å². The van der Waals surface area contributed by atoms with Crippen molar-refractivity contribution >= 4 is 22.8 Å². The lowest BCUT2D eigenvalue weighted by molar-refractivity contribution is 0.299. The molecule has 0 radical (unpaired) electrons. The zero-order valence-electron chi connectivity index (χ0n) is 14.3. The van der Waals surface area contributed by atoms with Crippen LogP contribution < -0.4 is 5.69 Å². The molecular formula is C19H22ClN3O2. The minimum absolute atomic E-state index is 0.119. The normalized spacial score (nSPS) is 11.3. The topological polar surface area (TPSA) is 70.9 Å². The molecule has 2 heterocycles. The highest BCUT2D eigenvalue weighted by Crippen LogP contribution is 2.33. The molecule has 5 nitrogen and oxygen atoms in total. The van der Waals surface area contributed by atoms with Gasteiger partial charge in [0.15, 0.2) is 5.65 Å². The minimum atomic E-state index is -0.154. The zero-order valence-corrected chi connectivity index (χ0v) is 15.0. The summed E-state index contributed by atoms with van der Waals surface area (Å²) in [6.45, 7) is 2.90. The maximum atomic E-state index is 12.4. The lowest BCUT2D eigenvalue weighted by atomic mass is 10.0. The number of aliphatic hydroxyl groups excluding tert-OH is 1. The number of pyridine rings is 1. The third-order valence-electron chi connectivity index (χ3n) is 4.38. The van der Waals surface area contributed by atoms with Crippen LogP contribution in [-0.4, -0.2) is 26.2 Å². The zero-order chi connectivity index (χ0) is 17.8. The van der Waals surface area contributed by atoms with Crippen LogP contribution in [0.1, 0.15) is 31.7 Å². The van der Waals surface area contributed by atoms with Crippen LogP contribution >= 0.6 is 11.6 Å². The van der Waals surface area contributed by atoms with Crippen LogP contribution in [-0.2, 0) is 13.0 Å². The number of halogens is 1. The highest BCUT2D eigenvalue weighted by atomic mass is 35.5. The van der Waals surface area contributed by atoms with Crippen molar-refractivity contribution in [1.29, 1.82) is 0 Å². The van der Waals surface area contributed by atoms with Crippen molar-refractivity contribution in [3.05, 3.63) is 51.5 Å². The lowest BCUT2D eigenvalue weighted by Gasteiger charge is -2.10. The Morgan fingerprint density at radius 1 is 1.24 bits per heavy atom. The number of aryl methyl sites for hydroxylation is 1. The summed E-state index contributed by atoms with van der Waals surface area (Å²) in [6.07, 6.45) is 5.29. The Kier molecular flexibility index (Phi) is 5.56. The third-order valence-corrected chi connectivity index (χ3v) is 4.66. The van der Waals surface area contributed by atoms with Crippen LogP contribution in [0.4, 0.5) is 0 Å². The molecule has 0 fully saturated rings. The van der Waals surface area contributed by atoms with Gasteiger partial charge < -0.3 is 5.11 Å². The SMILES string of the molecule is CCCCCn1c(=O)[nH]c2ncc(Cl)c(-c3ccc(CCO)cc3)c21. The molecule has 3 aromatic rings. The number of fused-ring (bicyclic) bond motifs is 1. The van der Waals surface area contributed by atoms with Gasteiger partial charge in [-0.1, -0.05) is 55.6 Å². The fraction of sp³-hybridized carbons (Fsp3) is 0.368. The first kappa shape index (κ1) is 17.7. The number of aromatic amines is 1. The number of aliphatic hydroxyl groups is 1. The van der Waals surface area contributed by atoms with E-state index in [2.05, 4.69) is 16.9 Å². The number of hydrogen-bond donors (Lipinski definition) is 2. The molecule has 25 heavy (non-hydrogen) atoms. The van der Waals surface area contributed by atoms with Gasteiger partial charge in [0.1, 0.15) is 0 Å². The summed E-state index contributed by atoms with van der Waals surface area (Å²) in [4.78, 5) is 19.5. The second-order valence-corrected chi connectivity index (χ2v) is 6.54. The molecule has 2 N–H and O–H groups in total. The molecule has 0 aliphatic rings. The van der Waals surface area contributed by atoms with Crippen LogP contribution in [0.15, 0.2) is 35.3 Å². The molecule has 0 saturated carbocycles. The van der Waals surface area contributed by atoms with Crippen molar-refractivity contribution in [3.63, 3.8) is 0 Å². The molecule has 2 aromatic heterocycles. The molecule has 0 aliphatic heterocycles. The van der Waals surface area contributed by atoms with Gasteiger partial charge in [0.25, 0.3) is 0 Å². The summed E-state index contributed by atoms with van der Waals surface area (Å²) in [5.41, 5.74) is 3.96. The fourth-order valence-electron chi connectivity index (χ4n) is 3.08. The molecule has 132 valence electrons. The Labute approximate surface area is 151 Å². The van der Waals surface area contributed by atoms with E-state index in [1.165, 1.54) is 0 Å². The van der Waals surface area contributed by atoms with Gasteiger partial charge in [-0.15, -0.1) is 0 Å². The Morgan fingerprint density at radius 3 is 2.68 bits per heavy atom. The standard InChI is InChI=1S/C19H22ClN3O2/c1-2-3-4-10-23-17-16(14-7-5-13(6-8-14)9-11-24)15(20)12-21-18(17)22-19(23)25/h5-8,12,24H,2-4,9-11H2,1H3,(H,21,22,25). The Bertz CT molecular complexity index is 913. The Morgan fingerprint density at radius 2 is 2.00 bits per heavy atom. The van der Waals surface area contributed by atoms with Crippen LogP contribution in [0.25, 0.3) is 22.3 Å². The van der Waals surface area contributed by atoms with Gasteiger partial charge in [-0.05, 0) is 24.0 Å². The number of aromatic nitrogens is 3. The van der Waals surface area contributed by atoms with Crippen LogP contribution in [0.5, 0.6) is 0 Å². The maximum absolute atomic E-state index is 12.4. The van der Waals surface area contributed by atoms with Crippen molar-refractivity contribution in [3.8, 4) is 11.1 Å². The maximum Gasteiger partial charge on any atom is 0.327 e. The van der Waals surface area contributed by atoms with Gasteiger partial charge in [-0.25, -0.2) is 9.78 Å². The van der Waals surface area contributed by atoms with Gasteiger partial charge in [0.2, 0.25) is 0 Å². The molecule has 6 heteroatoms. The lowest BCUT2D eigenvalue weighted by Crippen LogP contribution is -2.17.